The van der Waals surface area contributed by atoms with Crippen molar-refractivity contribution >= 4 is 21.9 Å². The van der Waals surface area contributed by atoms with Gasteiger partial charge in [-0.05, 0) is 44.0 Å². The highest BCUT2D eigenvalue weighted by molar-refractivity contribution is 7.93. The number of ether oxygens (including phenoxy) is 1. The summed E-state index contributed by atoms with van der Waals surface area (Å²) in [5.41, 5.74) is 1.87. The molecule has 2 aromatic carbocycles. The lowest BCUT2D eigenvalue weighted by Crippen LogP contribution is -2.34. The molecule has 0 amide bonds. The number of aryl methyl sites for hydroxylation is 1. The molecule has 0 aliphatic rings. The van der Waals surface area contributed by atoms with E-state index in [1.807, 2.05) is 6.92 Å². The van der Waals surface area contributed by atoms with Crippen LogP contribution < -0.4 is 4.31 Å². The first kappa shape index (κ1) is 25.1. The summed E-state index contributed by atoms with van der Waals surface area (Å²) in [6.07, 6.45) is 3.53. The Hall–Kier alpha value is -3.96. The molecule has 4 aromatic rings. The van der Waals surface area contributed by atoms with Crippen molar-refractivity contribution in [3.05, 3.63) is 71.7 Å². The molecule has 10 nitrogen and oxygen atoms in total. The van der Waals surface area contributed by atoms with Crippen molar-refractivity contribution < 1.29 is 32.0 Å². The number of aromatic nitrogens is 2. The van der Waals surface area contributed by atoms with Crippen LogP contribution in [0.4, 0.5) is 5.88 Å². The third-order valence-corrected chi connectivity index (χ3v) is 7.35. The van der Waals surface area contributed by atoms with Crippen LogP contribution in [0.3, 0.4) is 0 Å². The molecule has 0 saturated heterocycles. The Morgan fingerprint density at radius 2 is 1.92 bits per heavy atom. The Morgan fingerprint density at radius 3 is 2.56 bits per heavy atom. The van der Waals surface area contributed by atoms with Gasteiger partial charge in [0.15, 0.2) is 0 Å². The molecule has 1 N–H and O–H groups in total. The fourth-order valence-corrected chi connectivity index (χ4v) is 5.20. The van der Waals surface area contributed by atoms with Gasteiger partial charge in [-0.15, -0.1) is 0 Å². The SMILES string of the molecule is CCCOCN(c1onc(C)c1C)S(=O)(=O)c1ccccc1-c1ccc(-c2ncco2)cc1C(=O)O. The van der Waals surface area contributed by atoms with Gasteiger partial charge < -0.3 is 18.8 Å². The third kappa shape index (κ3) is 4.75. The van der Waals surface area contributed by atoms with E-state index in [1.54, 1.807) is 44.2 Å². The zero-order valence-electron chi connectivity index (χ0n) is 20.0. The molecular weight excluding hydrogens is 486 g/mol. The molecule has 0 bridgehead atoms. The van der Waals surface area contributed by atoms with Crippen molar-refractivity contribution in [3.8, 4) is 22.6 Å². The molecule has 2 aromatic heterocycles. The van der Waals surface area contributed by atoms with Gasteiger partial charge in [-0.1, -0.05) is 36.3 Å². The highest BCUT2D eigenvalue weighted by Gasteiger charge is 2.33. The van der Waals surface area contributed by atoms with Crippen LogP contribution in [-0.4, -0.2) is 43.0 Å². The van der Waals surface area contributed by atoms with E-state index in [4.69, 9.17) is 13.7 Å². The van der Waals surface area contributed by atoms with Gasteiger partial charge in [0.2, 0.25) is 11.8 Å². The van der Waals surface area contributed by atoms with E-state index in [9.17, 15) is 18.3 Å². The summed E-state index contributed by atoms with van der Waals surface area (Å²) in [5, 5.41) is 13.9. The fourth-order valence-electron chi connectivity index (χ4n) is 3.65. The zero-order chi connectivity index (χ0) is 25.9. The number of rotatable bonds is 10. The maximum atomic E-state index is 14.0. The molecule has 0 aliphatic carbocycles. The number of benzene rings is 2. The van der Waals surface area contributed by atoms with Gasteiger partial charge in [-0.3, -0.25) is 0 Å². The number of sulfonamides is 1. The Morgan fingerprint density at radius 1 is 1.14 bits per heavy atom. The fraction of sp³-hybridized carbons (Fsp3) is 0.240. The lowest BCUT2D eigenvalue weighted by molar-refractivity contribution is 0.0697. The van der Waals surface area contributed by atoms with Crippen LogP contribution in [-0.2, 0) is 14.8 Å². The molecule has 0 atom stereocenters. The highest BCUT2D eigenvalue weighted by Crippen LogP contribution is 2.36. The highest BCUT2D eigenvalue weighted by atomic mass is 32.2. The summed E-state index contributed by atoms with van der Waals surface area (Å²) >= 11 is 0. The van der Waals surface area contributed by atoms with E-state index in [0.717, 1.165) is 4.31 Å². The number of hydrogen-bond acceptors (Lipinski definition) is 8. The first-order valence-electron chi connectivity index (χ1n) is 11.2. The van der Waals surface area contributed by atoms with E-state index in [1.165, 1.54) is 24.6 Å². The summed E-state index contributed by atoms with van der Waals surface area (Å²) in [5.74, 6) is -0.938. The van der Waals surface area contributed by atoms with Gasteiger partial charge in [0.25, 0.3) is 10.0 Å². The quantitative estimate of drug-likeness (QED) is 0.233. The van der Waals surface area contributed by atoms with Crippen LogP contribution in [0.5, 0.6) is 0 Å². The predicted octanol–water partition coefficient (Wildman–Crippen LogP) is 4.89. The summed E-state index contributed by atoms with van der Waals surface area (Å²) in [4.78, 5) is 16.2. The maximum Gasteiger partial charge on any atom is 0.336 e. The topological polar surface area (TPSA) is 136 Å². The molecule has 0 aliphatic heterocycles. The average Bonchev–Trinajstić information content (AvgIpc) is 3.52. The number of carboxylic acid groups (broad SMARTS) is 1. The van der Waals surface area contributed by atoms with Gasteiger partial charge >= 0.3 is 5.97 Å². The maximum absolute atomic E-state index is 14.0. The number of nitrogens with zero attached hydrogens (tertiary/aromatic N) is 3. The van der Waals surface area contributed by atoms with Crippen LogP contribution in [0.2, 0.25) is 0 Å². The van der Waals surface area contributed by atoms with E-state index in [2.05, 4.69) is 10.1 Å². The third-order valence-electron chi connectivity index (χ3n) is 5.59. The van der Waals surface area contributed by atoms with Crippen LogP contribution in [0, 0.1) is 13.8 Å². The minimum absolute atomic E-state index is 0.0381. The molecule has 36 heavy (non-hydrogen) atoms. The molecule has 11 heteroatoms. The Labute approximate surface area is 208 Å². The van der Waals surface area contributed by atoms with Crippen molar-refractivity contribution in [2.24, 2.45) is 0 Å². The first-order valence-corrected chi connectivity index (χ1v) is 12.6. The smallest absolute Gasteiger partial charge is 0.336 e. The minimum atomic E-state index is -4.27. The number of aromatic carboxylic acids is 1. The zero-order valence-corrected chi connectivity index (χ0v) is 20.8. The largest absolute Gasteiger partial charge is 0.478 e. The Balaban J connectivity index is 1.86. The predicted molar refractivity (Wildman–Crippen MR) is 131 cm³/mol. The van der Waals surface area contributed by atoms with Gasteiger partial charge in [0, 0.05) is 23.3 Å². The average molecular weight is 512 g/mol. The Kier molecular flexibility index (Phi) is 7.22. The monoisotopic (exact) mass is 511 g/mol. The molecule has 0 fully saturated rings. The number of carboxylic acids is 1. The van der Waals surface area contributed by atoms with E-state index >= 15 is 0 Å². The standard InChI is InChI=1S/C25H25N3O7S/c1-4-12-33-15-28(24-16(2)17(3)27-35-24)36(31,32)22-8-6-5-7-20(22)19-10-9-18(14-21(19)25(29)30)23-26-11-13-34-23/h5-11,13-14H,4,12,15H2,1-3H3,(H,29,30). The lowest BCUT2D eigenvalue weighted by Gasteiger charge is -2.23. The summed E-state index contributed by atoms with van der Waals surface area (Å²) < 4.78 is 45.2. The van der Waals surface area contributed by atoms with E-state index < -0.39 is 16.0 Å². The van der Waals surface area contributed by atoms with Crippen LogP contribution in [0.25, 0.3) is 22.6 Å². The molecule has 4 rings (SSSR count). The second-order valence-electron chi connectivity index (χ2n) is 7.99. The Bertz CT molecular complexity index is 1480. The number of oxazole rings is 1. The summed E-state index contributed by atoms with van der Waals surface area (Å²) in [7, 11) is -4.27. The lowest BCUT2D eigenvalue weighted by atomic mass is 9.97. The van der Waals surface area contributed by atoms with Gasteiger partial charge in [-0.25, -0.2) is 22.5 Å². The molecule has 0 radical (unpaired) electrons. The molecule has 0 saturated carbocycles. The summed E-state index contributed by atoms with van der Waals surface area (Å²) in [6, 6.07) is 10.8. The molecule has 0 unspecified atom stereocenters. The van der Waals surface area contributed by atoms with Crippen molar-refractivity contribution in [2.75, 3.05) is 17.6 Å². The van der Waals surface area contributed by atoms with E-state index in [0.29, 0.717) is 29.8 Å². The number of carbonyl (C=O) groups is 1. The van der Waals surface area contributed by atoms with Crippen LogP contribution in [0.15, 0.2) is 68.8 Å². The van der Waals surface area contributed by atoms with Crippen LogP contribution in [0.1, 0.15) is 35.0 Å². The second-order valence-corrected chi connectivity index (χ2v) is 9.82. The van der Waals surface area contributed by atoms with E-state index in [-0.39, 0.29) is 40.1 Å². The molecule has 0 spiro atoms. The normalized spacial score (nSPS) is 11.5. The number of hydrogen-bond donors (Lipinski definition) is 1. The van der Waals surface area contributed by atoms with Crippen LogP contribution >= 0.6 is 0 Å². The number of anilines is 1. The van der Waals surface area contributed by atoms with Gasteiger partial charge in [0.1, 0.15) is 13.0 Å². The molecule has 188 valence electrons. The summed E-state index contributed by atoms with van der Waals surface area (Å²) in [6.45, 7) is 5.37. The van der Waals surface area contributed by atoms with Crippen molar-refractivity contribution in [1.29, 1.82) is 0 Å². The first-order chi connectivity index (χ1) is 17.3. The van der Waals surface area contributed by atoms with Crippen molar-refractivity contribution in [2.45, 2.75) is 32.1 Å². The van der Waals surface area contributed by atoms with Gasteiger partial charge in [-0.2, -0.15) is 0 Å². The van der Waals surface area contributed by atoms with Crippen molar-refractivity contribution in [1.82, 2.24) is 10.1 Å². The van der Waals surface area contributed by atoms with Gasteiger partial charge in [0.05, 0.1) is 22.3 Å². The second kappa shape index (κ2) is 10.3. The molecule has 2 heterocycles. The minimum Gasteiger partial charge on any atom is -0.478 e. The van der Waals surface area contributed by atoms with Crippen molar-refractivity contribution in [3.63, 3.8) is 0 Å². The molecular formula is C25H25N3O7S.